The molecule has 1 fully saturated rings. The van der Waals surface area contributed by atoms with Gasteiger partial charge in [-0.25, -0.2) is 0 Å². The topological polar surface area (TPSA) is 78.9 Å². The smallest absolute Gasteiger partial charge is 0.312 e. The second kappa shape index (κ2) is 5.74. The van der Waals surface area contributed by atoms with Crippen LogP contribution in [0.2, 0.25) is 0 Å². The fourth-order valence-corrected chi connectivity index (χ4v) is 5.12. The van der Waals surface area contributed by atoms with Crippen LogP contribution in [0.1, 0.15) is 43.2 Å². The zero-order valence-corrected chi connectivity index (χ0v) is 15.9. The van der Waals surface area contributed by atoms with Crippen molar-refractivity contribution in [3.63, 3.8) is 0 Å². The first-order valence-corrected chi connectivity index (χ1v) is 10.5. The molecule has 0 N–H and O–H groups in total. The quantitative estimate of drug-likeness (QED) is 0.594. The summed E-state index contributed by atoms with van der Waals surface area (Å²) in [6.07, 6.45) is 5.47. The first-order valence-electron chi connectivity index (χ1n) is 8.72. The molecule has 0 radical (unpaired) electrons. The minimum atomic E-state index is -3.73. The Bertz CT molecular complexity index is 916. The van der Waals surface area contributed by atoms with Crippen LogP contribution >= 0.6 is 0 Å². The van der Waals surface area contributed by atoms with E-state index in [0.717, 1.165) is 42.2 Å². The molecule has 0 aromatic heterocycles. The Hall–Kier alpha value is -2.02. The zero-order valence-electron chi connectivity index (χ0n) is 15.1. The molecule has 1 aliphatic heterocycles. The Morgan fingerprint density at radius 3 is 2.77 bits per heavy atom. The maximum Gasteiger partial charge on any atom is 0.312 e. The molecule has 0 saturated carbocycles. The molecule has 3 atom stereocenters. The largest absolute Gasteiger partial charge is 0.493 e. The Morgan fingerprint density at radius 1 is 1.31 bits per heavy atom. The number of methoxy groups -OCH3 is 1. The standard InChI is InChI=1S/C19H22O6S/c1-19-8-4-5-12-13-6-7-15(23-2)17(25-26(3,21)22)16(13)11(9-14(12)19)10-24-18(19)20/h5-7,11,14H,4,8-10H2,1-3H3/t11-,14-,19+/m0/s1. The Labute approximate surface area is 153 Å². The lowest BCUT2D eigenvalue weighted by atomic mass is 9.59. The molecule has 1 heterocycles. The number of carbonyl (C=O) groups is 1. The van der Waals surface area contributed by atoms with Gasteiger partial charge in [0.25, 0.3) is 0 Å². The monoisotopic (exact) mass is 378 g/mol. The highest BCUT2D eigenvalue weighted by Gasteiger charge is 2.52. The third-order valence-corrected chi connectivity index (χ3v) is 6.38. The summed E-state index contributed by atoms with van der Waals surface area (Å²) in [5.74, 6) is 0.358. The number of hydrogen-bond donors (Lipinski definition) is 0. The van der Waals surface area contributed by atoms with Gasteiger partial charge in [-0.3, -0.25) is 4.79 Å². The van der Waals surface area contributed by atoms with Gasteiger partial charge in [0.05, 0.1) is 25.4 Å². The number of fused-ring (bicyclic) bond motifs is 4. The summed E-state index contributed by atoms with van der Waals surface area (Å²) in [6.45, 7) is 2.20. The molecule has 0 unspecified atom stereocenters. The van der Waals surface area contributed by atoms with Crippen molar-refractivity contribution in [1.29, 1.82) is 0 Å². The normalized spacial score (nSPS) is 29.8. The van der Waals surface area contributed by atoms with E-state index >= 15 is 0 Å². The number of esters is 1. The predicted octanol–water partition coefficient (Wildman–Crippen LogP) is 2.88. The zero-order chi connectivity index (χ0) is 18.7. The van der Waals surface area contributed by atoms with E-state index < -0.39 is 15.5 Å². The van der Waals surface area contributed by atoms with Crippen LogP contribution in [0.4, 0.5) is 0 Å². The SMILES string of the molecule is COc1ccc2c(c1OS(C)(=O)=O)[C@@H]1COC(=O)[C@]3(C)CCC=C2[C@@H]3C1. The highest BCUT2D eigenvalue weighted by Crippen LogP contribution is 2.58. The van der Waals surface area contributed by atoms with Gasteiger partial charge in [0.15, 0.2) is 11.5 Å². The van der Waals surface area contributed by atoms with Gasteiger partial charge in [-0.2, -0.15) is 8.42 Å². The lowest BCUT2D eigenvalue weighted by Crippen LogP contribution is -2.39. The van der Waals surface area contributed by atoms with Crippen LogP contribution in [0.25, 0.3) is 5.57 Å². The Kier molecular flexibility index (Phi) is 3.84. The minimum Gasteiger partial charge on any atom is -0.493 e. The summed E-state index contributed by atoms with van der Waals surface area (Å²) in [4.78, 5) is 12.7. The van der Waals surface area contributed by atoms with Crippen LogP contribution in [0, 0.1) is 11.3 Å². The number of cyclic esters (lactones) is 1. The highest BCUT2D eigenvalue weighted by molar-refractivity contribution is 7.86. The highest BCUT2D eigenvalue weighted by atomic mass is 32.2. The molecule has 2 bridgehead atoms. The predicted molar refractivity (Wildman–Crippen MR) is 95.6 cm³/mol. The fraction of sp³-hybridized carbons (Fsp3) is 0.526. The van der Waals surface area contributed by atoms with E-state index in [2.05, 4.69) is 6.08 Å². The van der Waals surface area contributed by atoms with Crippen molar-refractivity contribution in [1.82, 2.24) is 0 Å². The first-order chi connectivity index (χ1) is 12.2. The van der Waals surface area contributed by atoms with Crippen LogP contribution in [0.15, 0.2) is 18.2 Å². The average Bonchev–Trinajstić information content (AvgIpc) is 2.70. The summed E-state index contributed by atoms with van der Waals surface area (Å²) < 4.78 is 40.0. The van der Waals surface area contributed by atoms with Gasteiger partial charge in [-0.1, -0.05) is 12.1 Å². The van der Waals surface area contributed by atoms with Crippen LogP contribution in [-0.4, -0.2) is 34.4 Å². The van der Waals surface area contributed by atoms with Crippen LogP contribution < -0.4 is 8.92 Å². The van der Waals surface area contributed by atoms with Crippen molar-refractivity contribution in [3.8, 4) is 11.5 Å². The lowest BCUT2D eigenvalue weighted by Gasteiger charge is -2.42. The molecule has 0 spiro atoms. The molecule has 140 valence electrons. The third kappa shape index (κ3) is 2.52. The molecule has 1 aromatic rings. The Morgan fingerprint density at radius 2 is 2.08 bits per heavy atom. The molecule has 26 heavy (non-hydrogen) atoms. The summed E-state index contributed by atoms with van der Waals surface area (Å²) in [6, 6.07) is 3.67. The van der Waals surface area contributed by atoms with E-state index in [-0.39, 0.29) is 30.2 Å². The van der Waals surface area contributed by atoms with Crippen molar-refractivity contribution in [2.24, 2.45) is 11.3 Å². The van der Waals surface area contributed by atoms with Gasteiger partial charge in [0.1, 0.15) is 0 Å². The second-order valence-electron chi connectivity index (χ2n) is 7.54. The van der Waals surface area contributed by atoms with Gasteiger partial charge in [-0.05, 0) is 43.4 Å². The first kappa shape index (κ1) is 17.4. The Balaban J connectivity index is 1.97. The van der Waals surface area contributed by atoms with E-state index in [9.17, 15) is 13.2 Å². The van der Waals surface area contributed by atoms with Gasteiger partial charge in [0.2, 0.25) is 0 Å². The second-order valence-corrected chi connectivity index (χ2v) is 9.12. The number of rotatable bonds is 3. The summed E-state index contributed by atoms with van der Waals surface area (Å²) in [7, 11) is -2.25. The molecule has 1 aromatic carbocycles. The van der Waals surface area contributed by atoms with Gasteiger partial charge in [0, 0.05) is 17.4 Å². The molecular weight excluding hydrogens is 356 g/mol. The molecule has 1 saturated heterocycles. The van der Waals surface area contributed by atoms with E-state index in [1.807, 2.05) is 13.0 Å². The van der Waals surface area contributed by atoms with Crippen molar-refractivity contribution in [2.45, 2.75) is 32.1 Å². The van der Waals surface area contributed by atoms with Gasteiger partial charge in [-0.15, -0.1) is 0 Å². The fourth-order valence-electron chi connectivity index (χ4n) is 4.65. The third-order valence-electron chi connectivity index (χ3n) is 5.91. The summed E-state index contributed by atoms with van der Waals surface area (Å²) in [5, 5.41) is 0. The molecule has 4 rings (SSSR count). The maximum atomic E-state index is 12.7. The van der Waals surface area contributed by atoms with Crippen LogP contribution in [0.3, 0.4) is 0 Å². The van der Waals surface area contributed by atoms with Crippen LogP contribution in [-0.2, 0) is 19.6 Å². The molecule has 2 aliphatic carbocycles. The molecule has 0 amide bonds. The van der Waals surface area contributed by atoms with Crippen molar-refractivity contribution >= 4 is 21.7 Å². The number of ether oxygens (including phenoxy) is 2. The van der Waals surface area contributed by atoms with E-state index in [1.54, 1.807) is 6.07 Å². The average molecular weight is 378 g/mol. The number of hydrogen-bond acceptors (Lipinski definition) is 6. The molecular formula is C19H22O6S. The molecule has 6 nitrogen and oxygen atoms in total. The van der Waals surface area contributed by atoms with E-state index in [0.29, 0.717) is 5.75 Å². The summed E-state index contributed by atoms with van der Waals surface area (Å²) >= 11 is 0. The van der Waals surface area contributed by atoms with Gasteiger partial charge >= 0.3 is 16.1 Å². The maximum absolute atomic E-state index is 12.7. The van der Waals surface area contributed by atoms with Crippen molar-refractivity contribution in [3.05, 3.63) is 29.3 Å². The number of allylic oxidation sites excluding steroid dienone is 2. The molecule has 3 aliphatic rings. The van der Waals surface area contributed by atoms with Gasteiger partial charge < -0.3 is 13.7 Å². The number of benzene rings is 1. The van der Waals surface area contributed by atoms with Crippen molar-refractivity contribution in [2.75, 3.05) is 20.0 Å². The summed E-state index contributed by atoms with van der Waals surface area (Å²) in [5.41, 5.74) is 2.25. The lowest BCUT2D eigenvalue weighted by molar-refractivity contribution is -0.155. The van der Waals surface area contributed by atoms with E-state index in [4.69, 9.17) is 13.7 Å². The van der Waals surface area contributed by atoms with Crippen LogP contribution in [0.5, 0.6) is 11.5 Å². The number of carbonyl (C=O) groups excluding carboxylic acids is 1. The van der Waals surface area contributed by atoms with Crippen molar-refractivity contribution < 1.29 is 26.9 Å². The minimum absolute atomic E-state index is 0.0724. The van der Waals surface area contributed by atoms with E-state index in [1.165, 1.54) is 7.11 Å². The molecule has 7 heteroatoms.